The average molecular weight is 368 g/mol. The van der Waals surface area contributed by atoms with Crippen molar-refractivity contribution in [1.29, 1.82) is 0 Å². The van der Waals surface area contributed by atoms with Crippen LogP contribution in [0.5, 0.6) is 0 Å². The number of anilines is 1. The first-order valence-corrected chi connectivity index (χ1v) is 10.5. The van der Waals surface area contributed by atoms with Gasteiger partial charge in [0.25, 0.3) is 0 Å². The summed E-state index contributed by atoms with van der Waals surface area (Å²) in [6.07, 6.45) is 4.10. The Morgan fingerprint density at radius 2 is 1.96 bits per heavy atom. The van der Waals surface area contributed by atoms with E-state index < -0.39 is 10.0 Å². The maximum absolute atomic E-state index is 12.1. The van der Waals surface area contributed by atoms with Crippen LogP contribution in [0.15, 0.2) is 18.2 Å². The fourth-order valence-corrected chi connectivity index (χ4v) is 4.03. The van der Waals surface area contributed by atoms with Gasteiger partial charge in [0.2, 0.25) is 15.9 Å². The Bertz CT molecular complexity index is 677. The zero-order valence-electron chi connectivity index (χ0n) is 15.2. The number of nitrogens with zero attached hydrogens (tertiary/aromatic N) is 1. The second kappa shape index (κ2) is 8.67. The van der Waals surface area contributed by atoms with Crippen LogP contribution in [-0.2, 0) is 19.6 Å². The normalized spacial score (nSPS) is 17.5. The zero-order valence-corrected chi connectivity index (χ0v) is 16.1. The topological polar surface area (TPSA) is 75.7 Å². The first kappa shape index (κ1) is 19.7. The van der Waals surface area contributed by atoms with Crippen molar-refractivity contribution in [2.24, 2.45) is 0 Å². The van der Waals surface area contributed by atoms with Gasteiger partial charge in [-0.05, 0) is 56.4 Å². The lowest BCUT2D eigenvalue weighted by atomic mass is 10.1. The van der Waals surface area contributed by atoms with E-state index in [1.165, 1.54) is 10.6 Å². The number of aryl methyl sites for hydroxylation is 2. The number of hydrogen-bond acceptors (Lipinski definition) is 4. The van der Waals surface area contributed by atoms with E-state index in [2.05, 4.69) is 5.32 Å². The Balaban J connectivity index is 1.89. The fraction of sp³-hybridized carbons (Fsp3) is 0.611. The van der Waals surface area contributed by atoms with Crippen molar-refractivity contribution in [2.45, 2.75) is 45.6 Å². The highest BCUT2D eigenvalue weighted by Crippen LogP contribution is 2.21. The van der Waals surface area contributed by atoms with E-state index in [1.807, 2.05) is 32.0 Å². The van der Waals surface area contributed by atoms with Crippen molar-refractivity contribution >= 4 is 21.6 Å². The van der Waals surface area contributed by atoms with E-state index in [0.29, 0.717) is 25.1 Å². The molecule has 0 radical (unpaired) electrons. The molecule has 7 heteroatoms. The first-order valence-electron chi connectivity index (χ1n) is 8.70. The summed E-state index contributed by atoms with van der Waals surface area (Å²) in [5, 5.41) is 2.86. The van der Waals surface area contributed by atoms with E-state index in [-0.39, 0.29) is 18.6 Å². The van der Waals surface area contributed by atoms with Gasteiger partial charge in [-0.2, -0.15) is 0 Å². The lowest BCUT2D eigenvalue weighted by Crippen LogP contribution is -2.34. The standard InChI is InChI=1S/C18H28N2O4S/c1-14-10-15(2)12-16(11-14)20(25(3,22)23)8-4-7-18(21)19-13-17-6-5-9-24-17/h10-12,17H,4-9,13H2,1-3H3,(H,19,21). The number of amides is 1. The summed E-state index contributed by atoms with van der Waals surface area (Å²) in [5.41, 5.74) is 2.68. The molecular weight excluding hydrogens is 340 g/mol. The molecule has 1 amide bonds. The molecule has 0 aromatic heterocycles. The van der Waals surface area contributed by atoms with Crippen LogP contribution in [-0.4, -0.2) is 46.4 Å². The SMILES string of the molecule is Cc1cc(C)cc(N(CCCC(=O)NCC2CCCO2)S(C)(=O)=O)c1. The third-order valence-corrected chi connectivity index (χ3v) is 5.40. The van der Waals surface area contributed by atoms with Gasteiger partial charge in [0, 0.05) is 26.1 Å². The predicted octanol–water partition coefficient (Wildman–Crippen LogP) is 2.14. The number of carbonyl (C=O) groups is 1. The van der Waals surface area contributed by atoms with Crippen molar-refractivity contribution < 1.29 is 17.9 Å². The van der Waals surface area contributed by atoms with Crippen LogP contribution in [0.2, 0.25) is 0 Å². The summed E-state index contributed by atoms with van der Waals surface area (Å²) in [4.78, 5) is 11.9. The highest BCUT2D eigenvalue weighted by molar-refractivity contribution is 7.92. The maximum Gasteiger partial charge on any atom is 0.232 e. The van der Waals surface area contributed by atoms with Crippen LogP contribution in [0.3, 0.4) is 0 Å². The molecule has 0 bridgehead atoms. The minimum atomic E-state index is -3.39. The highest BCUT2D eigenvalue weighted by atomic mass is 32.2. The molecule has 1 N–H and O–H groups in total. The van der Waals surface area contributed by atoms with Crippen LogP contribution in [0.4, 0.5) is 5.69 Å². The smallest absolute Gasteiger partial charge is 0.232 e. The van der Waals surface area contributed by atoms with Crippen molar-refractivity contribution in [3.63, 3.8) is 0 Å². The van der Waals surface area contributed by atoms with Crippen LogP contribution >= 0.6 is 0 Å². The van der Waals surface area contributed by atoms with E-state index in [1.54, 1.807) is 0 Å². The van der Waals surface area contributed by atoms with Gasteiger partial charge in [0.15, 0.2) is 0 Å². The average Bonchev–Trinajstić information content (AvgIpc) is 3.00. The molecular formula is C18H28N2O4S. The van der Waals surface area contributed by atoms with Crippen LogP contribution < -0.4 is 9.62 Å². The van der Waals surface area contributed by atoms with Gasteiger partial charge in [-0.25, -0.2) is 8.42 Å². The summed E-state index contributed by atoms with van der Waals surface area (Å²) in [5.74, 6) is -0.0654. The minimum Gasteiger partial charge on any atom is -0.376 e. The first-order chi connectivity index (χ1) is 11.8. The second-order valence-corrected chi connectivity index (χ2v) is 8.63. The molecule has 2 rings (SSSR count). The molecule has 0 spiro atoms. The third-order valence-electron chi connectivity index (χ3n) is 4.21. The highest BCUT2D eigenvalue weighted by Gasteiger charge is 2.19. The number of carbonyl (C=O) groups excluding carboxylic acids is 1. The van der Waals surface area contributed by atoms with Crippen LogP contribution in [0.1, 0.15) is 36.8 Å². The number of sulfonamides is 1. The van der Waals surface area contributed by atoms with E-state index in [4.69, 9.17) is 4.74 Å². The number of hydrogen-bond donors (Lipinski definition) is 1. The van der Waals surface area contributed by atoms with Gasteiger partial charge in [-0.3, -0.25) is 9.10 Å². The summed E-state index contributed by atoms with van der Waals surface area (Å²) in [6.45, 7) is 5.46. The maximum atomic E-state index is 12.1. The van der Waals surface area contributed by atoms with Crippen molar-refractivity contribution in [3.8, 4) is 0 Å². The Hall–Kier alpha value is -1.60. The molecule has 0 saturated carbocycles. The molecule has 6 nitrogen and oxygen atoms in total. The molecule has 1 aromatic carbocycles. The summed E-state index contributed by atoms with van der Waals surface area (Å²) in [7, 11) is -3.39. The Morgan fingerprint density at radius 3 is 2.52 bits per heavy atom. The molecule has 1 aliphatic heterocycles. The summed E-state index contributed by atoms with van der Waals surface area (Å²) >= 11 is 0. The van der Waals surface area contributed by atoms with E-state index >= 15 is 0 Å². The number of rotatable bonds is 8. The number of benzene rings is 1. The van der Waals surface area contributed by atoms with Gasteiger partial charge in [0.05, 0.1) is 18.0 Å². The van der Waals surface area contributed by atoms with E-state index in [9.17, 15) is 13.2 Å². The lowest BCUT2D eigenvalue weighted by molar-refractivity contribution is -0.121. The Kier molecular flexibility index (Phi) is 6.84. The van der Waals surface area contributed by atoms with Gasteiger partial charge < -0.3 is 10.1 Å². The largest absolute Gasteiger partial charge is 0.376 e. The monoisotopic (exact) mass is 368 g/mol. The zero-order chi connectivity index (χ0) is 18.4. The van der Waals surface area contributed by atoms with Gasteiger partial charge in [0.1, 0.15) is 0 Å². The molecule has 1 fully saturated rings. The predicted molar refractivity (Wildman–Crippen MR) is 99.3 cm³/mol. The molecule has 1 saturated heterocycles. The summed E-state index contributed by atoms with van der Waals surface area (Å²) < 4.78 is 31.1. The van der Waals surface area contributed by atoms with Gasteiger partial charge >= 0.3 is 0 Å². The van der Waals surface area contributed by atoms with E-state index in [0.717, 1.165) is 30.6 Å². The number of ether oxygens (including phenoxy) is 1. The minimum absolute atomic E-state index is 0.0654. The van der Waals surface area contributed by atoms with Crippen molar-refractivity contribution in [1.82, 2.24) is 5.32 Å². The van der Waals surface area contributed by atoms with Crippen LogP contribution in [0.25, 0.3) is 0 Å². The van der Waals surface area contributed by atoms with Gasteiger partial charge in [-0.15, -0.1) is 0 Å². The quantitative estimate of drug-likeness (QED) is 0.763. The lowest BCUT2D eigenvalue weighted by Gasteiger charge is -2.23. The van der Waals surface area contributed by atoms with Crippen molar-refractivity contribution in [2.75, 3.05) is 30.3 Å². The van der Waals surface area contributed by atoms with Gasteiger partial charge in [-0.1, -0.05) is 6.07 Å². The molecule has 1 unspecified atom stereocenters. The molecule has 140 valence electrons. The van der Waals surface area contributed by atoms with Crippen LogP contribution in [0, 0.1) is 13.8 Å². The third kappa shape index (κ3) is 6.32. The molecule has 1 atom stereocenters. The number of nitrogens with one attached hydrogen (secondary N) is 1. The Labute approximate surface area is 150 Å². The second-order valence-electron chi connectivity index (χ2n) is 6.72. The molecule has 1 heterocycles. The summed E-state index contributed by atoms with van der Waals surface area (Å²) in [6, 6.07) is 5.71. The molecule has 1 aliphatic rings. The Morgan fingerprint density at radius 1 is 1.28 bits per heavy atom. The van der Waals surface area contributed by atoms with Crippen molar-refractivity contribution in [3.05, 3.63) is 29.3 Å². The fourth-order valence-electron chi connectivity index (χ4n) is 3.09. The molecule has 0 aliphatic carbocycles. The molecule has 25 heavy (non-hydrogen) atoms. The molecule has 1 aromatic rings.